The highest BCUT2D eigenvalue weighted by atomic mass is 32.2. The molecule has 7 nitrogen and oxygen atoms in total. The van der Waals surface area contributed by atoms with Crippen molar-refractivity contribution in [2.24, 2.45) is 0 Å². The van der Waals surface area contributed by atoms with Gasteiger partial charge >= 0.3 is 10.1 Å². The lowest BCUT2D eigenvalue weighted by Crippen LogP contribution is -2.38. The van der Waals surface area contributed by atoms with E-state index in [1.54, 1.807) is 41.3 Å². The average molecular weight is 422 g/mol. The van der Waals surface area contributed by atoms with Crippen LogP contribution in [-0.2, 0) is 16.7 Å². The molecule has 0 saturated carbocycles. The number of methoxy groups -OCH3 is 2. The number of nitrogens with zero attached hydrogens (tertiary/aromatic N) is 1. The highest BCUT2D eigenvalue weighted by molar-refractivity contribution is 7.86. The van der Waals surface area contributed by atoms with Gasteiger partial charge in [0.15, 0.2) is 11.5 Å². The monoisotopic (exact) mass is 421 g/mol. The number of benzene rings is 2. The third kappa shape index (κ3) is 5.87. The van der Waals surface area contributed by atoms with Crippen molar-refractivity contribution >= 4 is 16.0 Å². The van der Waals surface area contributed by atoms with E-state index < -0.39 is 10.1 Å². The van der Waals surface area contributed by atoms with E-state index >= 15 is 0 Å². The first kappa shape index (κ1) is 22.5. The molecule has 0 aromatic heterocycles. The summed E-state index contributed by atoms with van der Waals surface area (Å²) < 4.78 is 38.7. The first-order valence-corrected chi connectivity index (χ1v) is 11.0. The number of rotatable bonds is 9. The summed E-state index contributed by atoms with van der Waals surface area (Å²) in [6, 6.07) is 12.0. The minimum absolute atomic E-state index is 0.0474. The van der Waals surface area contributed by atoms with Crippen molar-refractivity contribution in [1.82, 2.24) is 4.90 Å². The van der Waals surface area contributed by atoms with Gasteiger partial charge in [-0.3, -0.25) is 4.79 Å². The minimum Gasteiger partial charge on any atom is -0.496 e. The highest BCUT2D eigenvalue weighted by Gasteiger charge is 2.24. The predicted octanol–water partition coefficient (Wildman–Crippen LogP) is 3.48. The molecule has 0 saturated heterocycles. The fourth-order valence-corrected chi connectivity index (χ4v) is 3.33. The van der Waals surface area contributed by atoms with Crippen molar-refractivity contribution < 1.29 is 26.9 Å². The molecule has 0 spiro atoms. The lowest BCUT2D eigenvalue weighted by Gasteiger charge is -2.29. The second-order valence-corrected chi connectivity index (χ2v) is 8.24. The number of amides is 1. The van der Waals surface area contributed by atoms with Gasteiger partial charge in [0.2, 0.25) is 0 Å². The molecule has 2 aromatic rings. The van der Waals surface area contributed by atoms with E-state index in [1.807, 2.05) is 19.9 Å². The van der Waals surface area contributed by atoms with Crippen LogP contribution in [0.4, 0.5) is 0 Å². The number of carbonyl (C=O) groups is 1. The summed E-state index contributed by atoms with van der Waals surface area (Å²) in [7, 11) is -0.764. The zero-order chi connectivity index (χ0) is 21.6. The van der Waals surface area contributed by atoms with Crippen LogP contribution in [0.3, 0.4) is 0 Å². The van der Waals surface area contributed by atoms with Gasteiger partial charge in [-0.25, -0.2) is 0 Å². The summed E-state index contributed by atoms with van der Waals surface area (Å²) in [6.45, 7) is 4.24. The summed E-state index contributed by atoms with van der Waals surface area (Å²) in [5.74, 6) is 0.714. The molecular formula is C21H27NO6S. The molecule has 0 bridgehead atoms. The molecule has 0 heterocycles. The Balaban J connectivity index is 2.40. The maximum atomic E-state index is 13.3. The second-order valence-electron chi connectivity index (χ2n) is 6.66. The van der Waals surface area contributed by atoms with E-state index in [4.69, 9.17) is 13.7 Å². The molecule has 2 rings (SSSR count). The van der Waals surface area contributed by atoms with Gasteiger partial charge in [-0.05, 0) is 43.2 Å². The zero-order valence-corrected chi connectivity index (χ0v) is 18.2. The Hall–Kier alpha value is -2.74. The number of para-hydroxylation sites is 1. The summed E-state index contributed by atoms with van der Waals surface area (Å²) in [4.78, 5) is 15.0. The van der Waals surface area contributed by atoms with E-state index in [0.717, 1.165) is 12.7 Å². The van der Waals surface area contributed by atoms with E-state index in [-0.39, 0.29) is 24.2 Å². The van der Waals surface area contributed by atoms with E-state index in [2.05, 4.69) is 0 Å². The van der Waals surface area contributed by atoms with Crippen molar-refractivity contribution in [1.29, 1.82) is 0 Å². The maximum Gasteiger partial charge on any atom is 0.306 e. The topological polar surface area (TPSA) is 82.1 Å². The maximum absolute atomic E-state index is 13.3. The average Bonchev–Trinajstić information content (AvgIpc) is 2.69. The third-order valence-electron chi connectivity index (χ3n) is 4.54. The molecule has 0 aliphatic carbocycles. The summed E-state index contributed by atoms with van der Waals surface area (Å²) in [5.41, 5.74) is 1.18. The van der Waals surface area contributed by atoms with Gasteiger partial charge in [0.05, 0.1) is 26.0 Å². The molecule has 0 radical (unpaired) electrons. The molecule has 8 heteroatoms. The Bertz CT molecular complexity index is 957. The third-order valence-corrected chi connectivity index (χ3v) is 5.03. The molecule has 1 atom stereocenters. The molecule has 0 unspecified atom stereocenters. The molecule has 29 heavy (non-hydrogen) atoms. The van der Waals surface area contributed by atoms with Crippen LogP contribution in [-0.4, -0.2) is 45.7 Å². The Morgan fingerprint density at radius 3 is 2.28 bits per heavy atom. The second kappa shape index (κ2) is 9.65. The van der Waals surface area contributed by atoms with Crippen molar-refractivity contribution in [2.45, 2.75) is 32.9 Å². The summed E-state index contributed by atoms with van der Waals surface area (Å²) in [5, 5.41) is 0. The van der Waals surface area contributed by atoms with Crippen LogP contribution in [0.25, 0.3) is 0 Å². The van der Waals surface area contributed by atoms with Crippen LogP contribution < -0.4 is 13.7 Å². The Kier molecular flexibility index (Phi) is 7.50. The Morgan fingerprint density at radius 2 is 1.69 bits per heavy atom. The smallest absolute Gasteiger partial charge is 0.306 e. The van der Waals surface area contributed by atoms with Gasteiger partial charge < -0.3 is 18.6 Å². The fraction of sp³-hybridized carbons (Fsp3) is 0.381. The van der Waals surface area contributed by atoms with Crippen LogP contribution in [0.2, 0.25) is 0 Å². The molecule has 0 fully saturated rings. The standard InChI is InChI=1S/C21H27NO6S/c1-6-15(2)22(21(23)17-9-7-8-10-18(17)26-3)14-16-11-12-19(27-4)20(13-16)28-29(5,24)25/h7-13,15H,6,14H2,1-5H3/t15-/m0/s1. The van der Waals surface area contributed by atoms with E-state index in [1.165, 1.54) is 14.2 Å². The van der Waals surface area contributed by atoms with Crippen LogP contribution in [0.1, 0.15) is 36.2 Å². The number of hydrogen-bond donors (Lipinski definition) is 0. The predicted molar refractivity (Wildman–Crippen MR) is 111 cm³/mol. The van der Waals surface area contributed by atoms with Crippen molar-refractivity contribution in [3.05, 3.63) is 53.6 Å². The molecule has 158 valence electrons. The quantitative estimate of drug-likeness (QED) is 0.577. The van der Waals surface area contributed by atoms with Gasteiger partial charge in [0.25, 0.3) is 5.91 Å². The van der Waals surface area contributed by atoms with E-state index in [9.17, 15) is 13.2 Å². The summed E-state index contributed by atoms with van der Waals surface area (Å²) in [6.07, 6.45) is 1.72. The van der Waals surface area contributed by atoms with Crippen molar-refractivity contribution in [3.8, 4) is 17.2 Å². The van der Waals surface area contributed by atoms with Gasteiger partial charge in [-0.1, -0.05) is 25.1 Å². The molecule has 0 aliphatic rings. The molecule has 0 aliphatic heterocycles. The van der Waals surface area contributed by atoms with Gasteiger partial charge in [-0.15, -0.1) is 0 Å². The number of ether oxygens (including phenoxy) is 2. The number of hydrogen-bond acceptors (Lipinski definition) is 6. The first-order valence-electron chi connectivity index (χ1n) is 9.20. The number of carbonyl (C=O) groups excluding carboxylic acids is 1. The van der Waals surface area contributed by atoms with Crippen LogP contribution in [0.5, 0.6) is 17.2 Å². The SMILES string of the molecule is CC[C@H](C)N(Cc1ccc(OC)c(OS(C)(=O)=O)c1)C(=O)c1ccccc1OC. The highest BCUT2D eigenvalue weighted by Crippen LogP contribution is 2.30. The lowest BCUT2D eigenvalue weighted by molar-refractivity contribution is 0.0668. The summed E-state index contributed by atoms with van der Waals surface area (Å²) >= 11 is 0. The van der Waals surface area contributed by atoms with Crippen LogP contribution in [0.15, 0.2) is 42.5 Å². The van der Waals surface area contributed by atoms with E-state index in [0.29, 0.717) is 22.6 Å². The normalized spacial score (nSPS) is 12.2. The van der Waals surface area contributed by atoms with Crippen molar-refractivity contribution in [2.75, 3.05) is 20.5 Å². The molecule has 1 amide bonds. The lowest BCUT2D eigenvalue weighted by atomic mass is 10.1. The molecule has 2 aromatic carbocycles. The van der Waals surface area contributed by atoms with Gasteiger partial charge in [0.1, 0.15) is 5.75 Å². The minimum atomic E-state index is -3.72. The zero-order valence-electron chi connectivity index (χ0n) is 17.3. The Labute approximate surface area is 172 Å². The van der Waals surface area contributed by atoms with Crippen LogP contribution >= 0.6 is 0 Å². The largest absolute Gasteiger partial charge is 0.496 e. The van der Waals surface area contributed by atoms with Gasteiger partial charge in [-0.2, -0.15) is 8.42 Å². The van der Waals surface area contributed by atoms with Gasteiger partial charge in [0, 0.05) is 12.6 Å². The Morgan fingerprint density at radius 1 is 1.03 bits per heavy atom. The van der Waals surface area contributed by atoms with Crippen LogP contribution in [0, 0.1) is 0 Å². The first-order chi connectivity index (χ1) is 13.7. The fourth-order valence-electron chi connectivity index (χ4n) is 2.87. The molecule has 0 N–H and O–H groups in total. The molecular weight excluding hydrogens is 394 g/mol. The van der Waals surface area contributed by atoms with Crippen molar-refractivity contribution in [3.63, 3.8) is 0 Å².